The summed E-state index contributed by atoms with van der Waals surface area (Å²) in [6.07, 6.45) is 1.79. The van der Waals surface area contributed by atoms with Crippen molar-refractivity contribution in [2.45, 2.75) is 13.8 Å². The molecule has 41 heavy (non-hydrogen) atoms. The number of amides is 1. The molecular weight excluding hydrogens is 520 g/mol. The Morgan fingerprint density at radius 1 is 0.805 bits per heavy atom. The van der Waals surface area contributed by atoms with Gasteiger partial charge in [0.1, 0.15) is 17.3 Å². The number of piperazine rings is 2. The summed E-state index contributed by atoms with van der Waals surface area (Å²) in [4.78, 5) is 29.8. The van der Waals surface area contributed by atoms with Crippen LogP contribution in [0, 0.1) is 6.92 Å². The molecule has 0 radical (unpaired) electrons. The molecule has 2 aliphatic rings. The van der Waals surface area contributed by atoms with Gasteiger partial charge in [-0.25, -0.2) is 4.98 Å². The van der Waals surface area contributed by atoms with Gasteiger partial charge in [-0.05, 0) is 38.2 Å². The molecule has 218 valence electrons. The first-order valence-electron chi connectivity index (χ1n) is 14.0. The molecule has 1 amide bonds. The molecule has 0 saturated carbocycles. The molecule has 2 fully saturated rings. The van der Waals surface area contributed by atoms with E-state index in [2.05, 4.69) is 55.6 Å². The Morgan fingerprint density at radius 3 is 1.88 bits per heavy atom. The molecule has 2 aromatic carbocycles. The van der Waals surface area contributed by atoms with Gasteiger partial charge >= 0.3 is 0 Å². The highest BCUT2D eigenvalue weighted by molar-refractivity contribution is 5.74. The van der Waals surface area contributed by atoms with Gasteiger partial charge in [-0.15, -0.1) is 0 Å². The van der Waals surface area contributed by atoms with Gasteiger partial charge in [0.05, 0.1) is 25.6 Å². The predicted octanol–water partition coefficient (Wildman–Crippen LogP) is 3.71. The molecule has 11 heteroatoms. The van der Waals surface area contributed by atoms with Crippen LogP contribution in [-0.2, 0) is 4.79 Å². The summed E-state index contributed by atoms with van der Waals surface area (Å²) in [6, 6.07) is 12.3. The van der Waals surface area contributed by atoms with Gasteiger partial charge in [-0.1, -0.05) is 0 Å². The van der Waals surface area contributed by atoms with Crippen LogP contribution in [0.25, 0.3) is 0 Å². The van der Waals surface area contributed by atoms with Gasteiger partial charge in [-0.2, -0.15) is 4.98 Å². The smallest absolute Gasteiger partial charge is 0.229 e. The van der Waals surface area contributed by atoms with Crippen molar-refractivity contribution in [1.29, 1.82) is 0 Å². The predicted molar refractivity (Wildman–Crippen MR) is 163 cm³/mol. The SMILES string of the molecule is COc1cc(N2CCN(C(C)=O)CC2)ccc1Nc1ncc(C)c(Nc2ccc(N3CCN(C)CC3)cc2OC)n1. The minimum absolute atomic E-state index is 0.120. The van der Waals surface area contributed by atoms with E-state index in [0.29, 0.717) is 30.6 Å². The van der Waals surface area contributed by atoms with Crippen LogP contribution in [0.4, 0.5) is 34.5 Å². The fourth-order valence-corrected chi connectivity index (χ4v) is 5.18. The first-order chi connectivity index (χ1) is 19.8. The molecule has 2 saturated heterocycles. The first kappa shape index (κ1) is 28.3. The monoisotopic (exact) mass is 560 g/mol. The molecule has 0 unspecified atom stereocenters. The first-order valence-corrected chi connectivity index (χ1v) is 14.0. The number of benzene rings is 2. The highest BCUT2D eigenvalue weighted by Crippen LogP contribution is 2.35. The number of hydrogen-bond donors (Lipinski definition) is 2. The number of likely N-dealkylation sites (N-methyl/N-ethyl adjacent to an activating group) is 1. The van der Waals surface area contributed by atoms with Crippen molar-refractivity contribution in [1.82, 2.24) is 19.8 Å². The number of hydrogen-bond acceptors (Lipinski definition) is 10. The molecule has 5 rings (SSSR count). The number of aromatic nitrogens is 2. The van der Waals surface area contributed by atoms with Gasteiger partial charge in [0.25, 0.3) is 0 Å². The molecule has 0 atom stereocenters. The zero-order chi connectivity index (χ0) is 28.9. The topological polar surface area (TPSA) is 98.3 Å². The van der Waals surface area contributed by atoms with E-state index >= 15 is 0 Å². The molecule has 2 N–H and O–H groups in total. The van der Waals surface area contributed by atoms with E-state index in [-0.39, 0.29) is 5.91 Å². The average Bonchev–Trinajstić information content (AvgIpc) is 2.99. The van der Waals surface area contributed by atoms with E-state index in [1.165, 1.54) is 0 Å². The number of methoxy groups -OCH3 is 2. The van der Waals surface area contributed by atoms with Gasteiger partial charge in [0, 0.05) is 94.5 Å². The second-order valence-electron chi connectivity index (χ2n) is 10.5. The standard InChI is InChI=1S/C30H40N8O3/c1-21-20-31-30(33-26-9-7-24(19-28(26)41-5)38-16-14-36(15-17-38)22(2)39)34-29(21)32-25-8-6-23(18-27(25)40-4)37-12-10-35(3)11-13-37/h6-9,18-20H,10-17H2,1-5H3,(H2,31,32,33,34). The lowest BCUT2D eigenvalue weighted by Gasteiger charge is -2.35. The number of anilines is 6. The zero-order valence-corrected chi connectivity index (χ0v) is 24.6. The summed E-state index contributed by atoms with van der Waals surface area (Å²) in [5, 5.41) is 6.75. The van der Waals surface area contributed by atoms with Crippen LogP contribution in [0.2, 0.25) is 0 Å². The molecule has 3 heterocycles. The Labute approximate surface area is 242 Å². The van der Waals surface area contributed by atoms with Crippen LogP contribution < -0.4 is 29.9 Å². The molecular formula is C30H40N8O3. The van der Waals surface area contributed by atoms with Gasteiger partial charge in [0.15, 0.2) is 0 Å². The second kappa shape index (κ2) is 12.5. The third-order valence-electron chi connectivity index (χ3n) is 7.80. The van der Waals surface area contributed by atoms with Crippen molar-refractivity contribution < 1.29 is 14.3 Å². The Balaban J connectivity index is 1.30. The maximum atomic E-state index is 11.7. The van der Waals surface area contributed by atoms with E-state index in [1.807, 2.05) is 30.0 Å². The number of nitrogens with zero attached hydrogens (tertiary/aromatic N) is 6. The average molecular weight is 561 g/mol. The summed E-state index contributed by atoms with van der Waals surface area (Å²) < 4.78 is 11.5. The van der Waals surface area contributed by atoms with E-state index < -0.39 is 0 Å². The van der Waals surface area contributed by atoms with E-state index in [4.69, 9.17) is 14.5 Å². The van der Waals surface area contributed by atoms with Crippen LogP contribution >= 0.6 is 0 Å². The van der Waals surface area contributed by atoms with E-state index in [1.54, 1.807) is 27.3 Å². The van der Waals surface area contributed by atoms with Crippen molar-refractivity contribution >= 4 is 40.4 Å². The molecule has 3 aromatic rings. The Hall–Kier alpha value is -4.25. The molecule has 0 spiro atoms. The van der Waals surface area contributed by atoms with Crippen molar-refractivity contribution in [3.05, 3.63) is 48.2 Å². The highest BCUT2D eigenvalue weighted by atomic mass is 16.5. The number of rotatable bonds is 8. The molecule has 1 aromatic heterocycles. The fraction of sp³-hybridized carbons (Fsp3) is 0.433. The lowest BCUT2D eigenvalue weighted by atomic mass is 10.2. The summed E-state index contributed by atoms with van der Waals surface area (Å²) in [6.45, 7) is 10.7. The lowest BCUT2D eigenvalue weighted by molar-refractivity contribution is -0.129. The minimum Gasteiger partial charge on any atom is -0.494 e. The van der Waals surface area contributed by atoms with Crippen LogP contribution in [0.15, 0.2) is 42.6 Å². The lowest BCUT2D eigenvalue weighted by Crippen LogP contribution is -2.48. The van der Waals surface area contributed by atoms with Gasteiger partial charge < -0.3 is 39.7 Å². The maximum absolute atomic E-state index is 11.7. The zero-order valence-electron chi connectivity index (χ0n) is 24.6. The van der Waals surface area contributed by atoms with Crippen LogP contribution in [0.3, 0.4) is 0 Å². The number of ether oxygens (including phenoxy) is 2. The second-order valence-corrected chi connectivity index (χ2v) is 10.5. The molecule has 0 bridgehead atoms. The van der Waals surface area contributed by atoms with Crippen LogP contribution in [0.5, 0.6) is 11.5 Å². The Morgan fingerprint density at radius 2 is 1.34 bits per heavy atom. The Kier molecular flexibility index (Phi) is 8.63. The number of carbonyl (C=O) groups excluding carboxylic acids is 1. The largest absolute Gasteiger partial charge is 0.494 e. The van der Waals surface area contributed by atoms with Crippen molar-refractivity contribution in [3.8, 4) is 11.5 Å². The number of carbonyl (C=O) groups is 1. The number of nitrogens with one attached hydrogen (secondary N) is 2. The Bertz CT molecular complexity index is 1370. The molecule has 2 aliphatic heterocycles. The van der Waals surface area contributed by atoms with Gasteiger partial charge in [0.2, 0.25) is 11.9 Å². The third-order valence-corrected chi connectivity index (χ3v) is 7.80. The van der Waals surface area contributed by atoms with Crippen molar-refractivity contribution in [2.24, 2.45) is 0 Å². The third kappa shape index (κ3) is 6.57. The van der Waals surface area contributed by atoms with Gasteiger partial charge in [-0.3, -0.25) is 4.79 Å². The van der Waals surface area contributed by atoms with E-state index in [0.717, 1.165) is 73.3 Å². The molecule has 0 aliphatic carbocycles. The number of aryl methyl sites for hydroxylation is 1. The van der Waals surface area contributed by atoms with Crippen molar-refractivity contribution in [3.63, 3.8) is 0 Å². The van der Waals surface area contributed by atoms with Crippen molar-refractivity contribution in [2.75, 3.05) is 94.1 Å². The van der Waals surface area contributed by atoms with E-state index in [9.17, 15) is 4.79 Å². The maximum Gasteiger partial charge on any atom is 0.229 e. The quantitative estimate of drug-likeness (QED) is 0.424. The summed E-state index contributed by atoms with van der Waals surface area (Å²) >= 11 is 0. The highest BCUT2D eigenvalue weighted by Gasteiger charge is 2.20. The summed E-state index contributed by atoms with van der Waals surface area (Å²) in [5.41, 5.74) is 4.72. The summed E-state index contributed by atoms with van der Waals surface area (Å²) in [5.74, 6) is 2.71. The normalized spacial score (nSPS) is 16.0. The minimum atomic E-state index is 0.120. The fourth-order valence-electron chi connectivity index (χ4n) is 5.18. The van der Waals surface area contributed by atoms with Crippen LogP contribution in [0.1, 0.15) is 12.5 Å². The van der Waals surface area contributed by atoms with Crippen LogP contribution in [-0.4, -0.2) is 99.3 Å². The summed E-state index contributed by atoms with van der Waals surface area (Å²) in [7, 11) is 5.50. The molecule has 11 nitrogen and oxygen atoms in total.